The highest BCUT2D eigenvalue weighted by Crippen LogP contribution is 2.36. The van der Waals surface area contributed by atoms with Crippen LogP contribution in [-0.2, 0) is 15.9 Å². The summed E-state index contributed by atoms with van der Waals surface area (Å²) in [6.45, 7) is 3.58. The van der Waals surface area contributed by atoms with Gasteiger partial charge in [0.05, 0.1) is 13.2 Å². The summed E-state index contributed by atoms with van der Waals surface area (Å²) in [7, 11) is 0. The third-order valence-corrected chi connectivity index (χ3v) is 6.74. The molecule has 31 heavy (non-hydrogen) atoms. The van der Waals surface area contributed by atoms with E-state index in [0.717, 1.165) is 31.1 Å². The van der Waals surface area contributed by atoms with Crippen molar-refractivity contribution >= 4 is 0 Å². The van der Waals surface area contributed by atoms with Crippen molar-refractivity contribution < 1.29 is 18.3 Å². The lowest BCUT2D eigenvalue weighted by Crippen LogP contribution is -2.38. The van der Waals surface area contributed by atoms with Crippen LogP contribution in [0.3, 0.4) is 0 Å². The standard InChI is InChI=1S/C27H32F2O2/c1-2-3-21-17-30-27(31-18-21)23-12-8-20(9-13-23)5-4-19-6-10-22(11-7-19)24-14-15-25(28)26(29)16-24/h2-3,6-7,10-11,14-16,20-21,23,27H,4-5,8-9,12-13,17-18H2,1H3. The van der Waals surface area contributed by atoms with Gasteiger partial charge in [-0.05, 0) is 80.2 Å². The Kier molecular flexibility index (Phi) is 7.52. The van der Waals surface area contributed by atoms with Gasteiger partial charge in [-0.3, -0.25) is 0 Å². The van der Waals surface area contributed by atoms with Gasteiger partial charge in [0.25, 0.3) is 0 Å². The van der Waals surface area contributed by atoms with Gasteiger partial charge in [-0.25, -0.2) is 8.78 Å². The molecule has 166 valence electrons. The molecule has 0 amide bonds. The summed E-state index contributed by atoms with van der Waals surface area (Å²) in [5, 5.41) is 0. The van der Waals surface area contributed by atoms with Crippen molar-refractivity contribution in [1.29, 1.82) is 0 Å². The minimum absolute atomic E-state index is 0.0219. The van der Waals surface area contributed by atoms with Crippen LogP contribution in [0.15, 0.2) is 54.6 Å². The molecule has 2 aliphatic rings. The van der Waals surface area contributed by atoms with Crippen LogP contribution >= 0.6 is 0 Å². The Morgan fingerprint density at radius 3 is 2.19 bits per heavy atom. The Morgan fingerprint density at radius 2 is 1.55 bits per heavy atom. The third-order valence-electron chi connectivity index (χ3n) is 6.74. The van der Waals surface area contributed by atoms with Gasteiger partial charge in [0.15, 0.2) is 17.9 Å². The molecule has 1 aliphatic heterocycles. The maximum atomic E-state index is 13.5. The summed E-state index contributed by atoms with van der Waals surface area (Å²) < 4.78 is 38.6. The van der Waals surface area contributed by atoms with Crippen LogP contribution in [0.5, 0.6) is 0 Å². The first-order chi connectivity index (χ1) is 15.1. The van der Waals surface area contributed by atoms with Crippen molar-refractivity contribution in [2.24, 2.45) is 17.8 Å². The van der Waals surface area contributed by atoms with Crippen molar-refractivity contribution in [2.45, 2.75) is 51.7 Å². The molecule has 0 N–H and O–H groups in total. The number of hydrogen-bond donors (Lipinski definition) is 0. The molecule has 1 saturated heterocycles. The molecule has 2 aromatic carbocycles. The second-order valence-electron chi connectivity index (χ2n) is 8.97. The first-order valence-corrected chi connectivity index (χ1v) is 11.5. The fourth-order valence-corrected chi connectivity index (χ4v) is 4.85. The number of aryl methyl sites for hydroxylation is 1. The fraction of sp³-hybridized carbons (Fsp3) is 0.481. The molecule has 0 radical (unpaired) electrons. The van der Waals surface area contributed by atoms with E-state index in [1.807, 2.05) is 19.1 Å². The van der Waals surface area contributed by atoms with E-state index in [2.05, 4.69) is 24.3 Å². The highest BCUT2D eigenvalue weighted by molar-refractivity contribution is 5.63. The topological polar surface area (TPSA) is 18.5 Å². The lowest BCUT2D eigenvalue weighted by Gasteiger charge is -2.37. The van der Waals surface area contributed by atoms with E-state index in [1.54, 1.807) is 6.07 Å². The van der Waals surface area contributed by atoms with Gasteiger partial charge >= 0.3 is 0 Å². The lowest BCUT2D eigenvalue weighted by atomic mass is 9.79. The average Bonchev–Trinajstić information content (AvgIpc) is 2.81. The van der Waals surface area contributed by atoms with Crippen LogP contribution in [0.4, 0.5) is 8.78 Å². The van der Waals surface area contributed by atoms with Crippen molar-refractivity contribution in [1.82, 2.24) is 0 Å². The van der Waals surface area contributed by atoms with E-state index in [-0.39, 0.29) is 6.29 Å². The summed E-state index contributed by atoms with van der Waals surface area (Å²) in [5.74, 6) is 0.0547. The number of hydrogen-bond acceptors (Lipinski definition) is 2. The van der Waals surface area contributed by atoms with Gasteiger partial charge in [0.1, 0.15) is 0 Å². The van der Waals surface area contributed by atoms with E-state index >= 15 is 0 Å². The summed E-state index contributed by atoms with van der Waals surface area (Å²) in [4.78, 5) is 0. The Hall–Kier alpha value is -2.04. The summed E-state index contributed by atoms with van der Waals surface area (Å²) in [6, 6.07) is 12.3. The van der Waals surface area contributed by atoms with Gasteiger partial charge in [-0.1, -0.05) is 42.5 Å². The normalized spacial score (nSPS) is 26.9. The quantitative estimate of drug-likeness (QED) is 0.466. The molecule has 0 unspecified atom stereocenters. The van der Waals surface area contributed by atoms with Crippen molar-refractivity contribution in [3.63, 3.8) is 0 Å². The molecule has 0 aromatic heterocycles. The molecule has 1 aliphatic carbocycles. The second-order valence-corrected chi connectivity index (χ2v) is 8.97. The van der Waals surface area contributed by atoms with Crippen LogP contribution in [0.2, 0.25) is 0 Å². The molecule has 1 heterocycles. The lowest BCUT2D eigenvalue weighted by molar-refractivity contribution is -0.223. The summed E-state index contributed by atoms with van der Waals surface area (Å²) in [5.41, 5.74) is 2.91. The zero-order valence-electron chi connectivity index (χ0n) is 18.2. The maximum absolute atomic E-state index is 13.5. The predicted molar refractivity (Wildman–Crippen MR) is 120 cm³/mol. The highest BCUT2D eigenvalue weighted by atomic mass is 19.2. The van der Waals surface area contributed by atoms with Crippen LogP contribution in [0.25, 0.3) is 11.1 Å². The molecule has 2 fully saturated rings. The SMILES string of the molecule is CC=CC1COC(C2CCC(CCc3ccc(-c4ccc(F)c(F)c4)cc3)CC2)OC1. The Balaban J connectivity index is 1.21. The largest absolute Gasteiger partial charge is 0.352 e. The van der Waals surface area contributed by atoms with Crippen molar-refractivity contribution in [3.8, 4) is 11.1 Å². The average molecular weight is 427 g/mol. The zero-order valence-corrected chi connectivity index (χ0v) is 18.2. The summed E-state index contributed by atoms with van der Waals surface area (Å²) >= 11 is 0. The van der Waals surface area contributed by atoms with Gasteiger partial charge in [0, 0.05) is 11.8 Å². The monoisotopic (exact) mass is 426 g/mol. The third kappa shape index (κ3) is 5.81. The van der Waals surface area contributed by atoms with Gasteiger partial charge in [0.2, 0.25) is 0 Å². The number of rotatable bonds is 6. The summed E-state index contributed by atoms with van der Waals surface area (Å²) in [6.07, 6.45) is 11.3. The Labute approximate surface area is 184 Å². The smallest absolute Gasteiger partial charge is 0.160 e. The number of halogens is 2. The van der Waals surface area contributed by atoms with E-state index in [0.29, 0.717) is 17.4 Å². The molecule has 0 atom stereocenters. The van der Waals surface area contributed by atoms with E-state index in [4.69, 9.17) is 9.47 Å². The van der Waals surface area contributed by atoms with Crippen LogP contribution < -0.4 is 0 Å². The molecule has 0 bridgehead atoms. The van der Waals surface area contributed by atoms with Crippen molar-refractivity contribution in [3.05, 3.63) is 71.8 Å². The zero-order chi connectivity index (χ0) is 21.6. The van der Waals surface area contributed by atoms with E-state index in [1.165, 1.54) is 49.8 Å². The minimum atomic E-state index is -0.811. The second kappa shape index (κ2) is 10.5. The molecule has 4 rings (SSSR count). The molecular weight excluding hydrogens is 394 g/mol. The number of allylic oxidation sites excluding steroid dienone is 1. The number of benzene rings is 2. The van der Waals surface area contributed by atoms with Gasteiger partial charge < -0.3 is 9.47 Å². The van der Waals surface area contributed by atoms with Gasteiger partial charge in [-0.2, -0.15) is 0 Å². The first kappa shape index (κ1) is 22.2. The van der Waals surface area contributed by atoms with E-state index in [9.17, 15) is 8.78 Å². The first-order valence-electron chi connectivity index (χ1n) is 11.5. The van der Waals surface area contributed by atoms with Crippen LogP contribution in [0, 0.1) is 29.4 Å². The van der Waals surface area contributed by atoms with Gasteiger partial charge in [-0.15, -0.1) is 0 Å². The fourth-order valence-electron chi connectivity index (χ4n) is 4.85. The number of ether oxygens (including phenoxy) is 2. The minimum Gasteiger partial charge on any atom is -0.352 e. The molecule has 2 nitrogen and oxygen atoms in total. The van der Waals surface area contributed by atoms with E-state index < -0.39 is 11.6 Å². The molecule has 0 spiro atoms. The van der Waals surface area contributed by atoms with Crippen LogP contribution in [-0.4, -0.2) is 19.5 Å². The predicted octanol–water partition coefficient (Wildman–Crippen LogP) is 6.94. The highest BCUT2D eigenvalue weighted by Gasteiger charge is 2.31. The Morgan fingerprint density at radius 1 is 0.871 bits per heavy atom. The maximum Gasteiger partial charge on any atom is 0.160 e. The van der Waals surface area contributed by atoms with Crippen molar-refractivity contribution in [2.75, 3.05) is 13.2 Å². The Bertz CT molecular complexity index is 861. The van der Waals surface area contributed by atoms with Crippen LogP contribution in [0.1, 0.15) is 44.6 Å². The molecule has 2 aromatic rings. The molecular formula is C27H32F2O2. The molecule has 1 saturated carbocycles. The molecule has 4 heteroatoms.